The van der Waals surface area contributed by atoms with Crippen LogP contribution in [0.1, 0.15) is 104 Å². The first-order valence-corrected chi connectivity index (χ1v) is 16.2. The third-order valence-electron chi connectivity index (χ3n) is 6.17. The molecule has 3 atom stereocenters. The van der Waals surface area contributed by atoms with Crippen molar-refractivity contribution in [3.63, 3.8) is 0 Å². The second kappa shape index (κ2) is 22.8. The number of allylic oxidation sites excluding steroid dienone is 3. The maximum Gasteiger partial charge on any atom is 0.472 e. The molecule has 0 saturated carbocycles. The number of hydrogen-bond donors (Lipinski definition) is 3. The van der Waals surface area contributed by atoms with Crippen LogP contribution in [0, 0.1) is 0 Å². The zero-order valence-corrected chi connectivity index (χ0v) is 25.8. The van der Waals surface area contributed by atoms with Crippen molar-refractivity contribution in [1.29, 1.82) is 0 Å². The first-order valence-electron chi connectivity index (χ1n) is 14.7. The Morgan fingerprint density at radius 2 is 1.45 bits per heavy atom. The maximum atomic E-state index is 12.5. The molecule has 0 bridgehead atoms. The number of hydrogen-bond acceptors (Lipinski definition) is 5. The Morgan fingerprint density at radius 3 is 2.11 bits per heavy atom. The van der Waals surface area contributed by atoms with E-state index < -0.39 is 20.0 Å². The number of rotatable bonds is 25. The average Bonchev–Trinajstić information content (AvgIpc) is 2.84. The number of aliphatic hydroxyl groups is 1. The van der Waals surface area contributed by atoms with Gasteiger partial charge in [-0.15, -0.1) is 0 Å². The van der Waals surface area contributed by atoms with Gasteiger partial charge in [-0.3, -0.25) is 13.8 Å². The predicted octanol–water partition coefficient (Wildman–Crippen LogP) is 6.29. The highest BCUT2D eigenvalue weighted by Gasteiger charge is 2.27. The number of nitrogens with zero attached hydrogens (tertiary/aromatic N) is 1. The highest BCUT2D eigenvalue weighted by atomic mass is 31.2. The smallest absolute Gasteiger partial charge is 0.387 e. The van der Waals surface area contributed by atoms with Crippen LogP contribution in [0.3, 0.4) is 0 Å². The van der Waals surface area contributed by atoms with E-state index in [1.54, 1.807) is 6.08 Å². The molecule has 0 heterocycles. The number of phosphoric ester groups is 1. The number of carbonyl (C=O) groups excluding carboxylic acids is 1. The molecule has 224 valence electrons. The Kier molecular flexibility index (Phi) is 22.1. The molecule has 0 rings (SSSR count). The quantitative estimate of drug-likeness (QED) is 0.0524. The summed E-state index contributed by atoms with van der Waals surface area (Å²) in [6.07, 6.45) is 21.2. The van der Waals surface area contributed by atoms with Gasteiger partial charge >= 0.3 is 7.82 Å². The van der Waals surface area contributed by atoms with Crippen LogP contribution >= 0.6 is 7.82 Å². The van der Waals surface area contributed by atoms with E-state index in [9.17, 15) is 19.4 Å². The number of nitrogens with one attached hydrogen (secondary N) is 1. The normalized spacial score (nSPS) is 15.7. The molecule has 0 spiro atoms. The minimum atomic E-state index is -4.31. The lowest BCUT2D eigenvalue weighted by atomic mass is 10.1. The summed E-state index contributed by atoms with van der Waals surface area (Å²) < 4.78 is 23.2. The highest BCUT2D eigenvalue weighted by Crippen LogP contribution is 2.43. The fourth-order valence-corrected chi connectivity index (χ4v) is 4.44. The van der Waals surface area contributed by atoms with Gasteiger partial charge in [-0.05, 0) is 32.1 Å². The molecule has 8 nitrogen and oxygen atoms in total. The number of quaternary nitrogens is 1. The van der Waals surface area contributed by atoms with Crippen LogP contribution in [-0.2, 0) is 18.4 Å². The maximum absolute atomic E-state index is 12.5. The molecule has 1 unspecified atom stereocenters. The van der Waals surface area contributed by atoms with Gasteiger partial charge in [-0.1, -0.05) is 89.5 Å². The highest BCUT2D eigenvalue weighted by molar-refractivity contribution is 7.47. The molecule has 0 aliphatic heterocycles. The van der Waals surface area contributed by atoms with Crippen molar-refractivity contribution in [1.82, 2.24) is 5.32 Å². The Labute approximate surface area is 233 Å². The zero-order chi connectivity index (χ0) is 28.7. The van der Waals surface area contributed by atoms with Gasteiger partial charge in [0, 0.05) is 6.42 Å². The van der Waals surface area contributed by atoms with Crippen LogP contribution < -0.4 is 5.32 Å². The molecule has 0 radical (unpaired) electrons. The van der Waals surface area contributed by atoms with E-state index in [-0.39, 0.29) is 19.1 Å². The van der Waals surface area contributed by atoms with Crippen LogP contribution in [-0.4, -0.2) is 73.4 Å². The van der Waals surface area contributed by atoms with Gasteiger partial charge in [-0.25, -0.2) is 4.57 Å². The lowest BCUT2D eigenvalue weighted by molar-refractivity contribution is -0.870. The largest absolute Gasteiger partial charge is 0.472 e. The van der Waals surface area contributed by atoms with Crippen LogP contribution in [0.5, 0.6) is 0 Å². The summed E-state index contributed by atoms with van der Waals surface area (Å²) >= 11 is 0. The Morgan fingerprint density at radius 1 is 0.868 bits per heavy atom. The van der Waals surface area contributed by atoms with Crippen molar-refractivity contribution in [2.24, 2.45) is 0 Å². The van der Waals surface area contributed by atoms with E-state index in [1.807, 2.05) is 27.2 Å². The molecular formula is C29H58N2O6P+. The SMILES string of the molecule is CCCCC/C=C/CC/C=C/[C@@H](O)[C@H](COP(=O)(O)OCC[N+](C)(C)C)NC(=O)CCCCCCCCC. The van der Waals surface area contributed by atoms with E-state index in [2.05, 4.69) is 31.3 Å². The molecule has 3 N–H and O–H groups in total. The third-order valence-corrected chi connectivity index (χ3v) is 7.16. The van der Waals surface area contributed by atoms with E-state index in [0.29, 0.717) is 17.4 Å². The summed E-state index contributed by atoms with van der Waals surface area (Å²) in [5, 5.41) is 13.5. The number of amides is 1. The molecule has 9 heteroatoms. The van der Waals surface area contributed by atoms with Gasteiger partial charge in [0.1, 0.15) is 13.2 Å². The van der Waals surface area contributed by atoms with Crippen molar-refractivity contribution < 1.29 is 32.9 Å². The standard InChI is InChI=1S/C29H57N2O6P/c1-6-8-10-12-14-15-17-18-20-22-28(32)27(26-37-38(34,35)36-25-24-31(3,4)5)30-29(33)23-21-19-16-13-11-9-7-2/h14-15,20,22,27-28,32H,6-13,16-19,21,23-26H2,1-5H3,(H-,30,33,34,35)/p+1/b15-14+,22-20+/t27-,28+/m0/s1. The van der Waals surface area contributed by atoms with E-state index >= 15 is 0 Å². The van der Waals surface area contributed by atoms with Crippen LogP contribution in [0.15, 0.2) is 24.3 Å². The minimum absolute atomic E-state index is 0.0565. The number of likely N-dealkylation sites (N-methyl/N-ethyl adjacent to an activating group) is 1. The Bertz CT molecular complexity index is 693. The summed E-state index contributed by atoms with van der Waals surface area (Å²) in [5.74, 6) is -0.201. The van der Waals surface area contributed by atoms with E-state index in [1.165, 1.54) is 44.9 Å². The molecule has 0 aromatic heterocycles. The number of aliphatic hydroxyl groups excluding tert-OH is 1. The zero-order valence-electron chi connectivity index (χ0n) is 24.9. The number of carbonyl (C=O) groups is 1. The van der Waals surface area contributed by atoms with Gasteiger partial charge in [-0.2, -0.15) is 0 Å². The summed E-state index contributed by atoms with van der Waals surface area (Å²) in [6.45, 7) is 4.64. The molecular weight excluding hydrogens is 503 g/mol. The second-order valence-electron chi connectivity index (χ2n) is 11.1. The van der Waals surface area contributed by atoms with Crippen molar-refractivity contribution >= 4 is 13.7 Å². The lowest BCUT2D eigenvalue weighted by Gasteiger charge is -2.25. The molecule has 0 aliphatic carbocycles. The Hall–Kier alpha value is -1.02. The Balaban J connectivity index is 4.78. The second-order valence-corrected chi connectivity index (χ2v) is 12.6. The molecule has 1 amide bonds. The van der Waals surface area contributed by atoms with Crippen molar-refractivity contribution in [2.45, 2.75) is 116 Å². The van der Waals surface area contributed by atoms with E-state index in [4.69, 9.17) is 9.05 Å². The summed E-state index contributed by atoms with van der Waals surface area (Å²) in [6, 6.07) is -0.852. The van der Waals surface area contributed by atoms with Crippen molar-refractivity contribution in [2.75, 3.05) is 40.9 Å². The van der Waals surface area contributed by atoms with Crippen LogP contribution in [0.2, 0.25) is 0 Å². The van der Waals surface area contributed by atoms with Gasteiger partial charge < -0.3 is 19.8 Å². The summed E-state index contributed by atoms with van der Waals surface area (Å²) in [5.41, 5.74) is 0. The van der Waals surface area contributed by atoms with E-state index in [0.717, 1.165) is 38.5 Å². The van der Waals surface area contributed by atoms with Gasteiger partial charge in [0.15, 0.2) is 0 Å². The summed E-state index contributed by atoms with van der Waals surface area (Å²) in [7, 11) is 1.54. The predicted molar refractivity (Wildman–Crippen MR) is 157 cm³/mol. The van der Waals surface area contributed by atoms with Gasteiger partial charge in [0.05, 0.1) is 39.9 Å². The first kappa shape index (κ1) is 37.0. The number of unbranched alkanes of at least 4 members (excludes halogenated alkanes) is 10. The average molecular weight is 562 g/mol. The molecule has 0 aromatic rings. The van der Waals surface area contributed by atoms with Crippen LogP contribution in [0.25, 0.3) is 0 Å². The molecule has 0 fully saturated rings. The molecule has 0 aliphatic rings. The third kappa shape index (κ3) is 24.1. The monoisotopic (exact) mass is 561 g/mol. The first-order chi connectivity index (χ1) is 18.0. The lowest BCUT2D eigenvalue weighted by Crippen LogP contribution is -2.45. The summed E-state index contributed by atoms with van der Waals surface area (Å²) in [4.78, 5) is 22.6. The van der Waals surface area contributed by atoms with Gasteiger partial charge in [0.2, 0.25) is 5.91 Å². The van der Waals surface area contributed by atoms with Gasteiger partial charge in [0.25, 0.3) is 0 Å². The van der Waals surface area contributed by atoms with Crippen LogP contribution in [0.4, 0.5) is 0 Å². The topological polar surface area (TPSA) is 105 Å². The van der Waals surface area contributed by atoms with Crippen molar-refractivity contribution in [3.8, 4) is 0 Å². The fraction of sp³-hybridized carbons (Fsp3) is 0.828. The molecule has 0 saturated heterocycles. The fourth-order valence-electron chi connectivity index (χ4n) is 3.70. The number of phosphoric acid groups is 1. The minimum Gasteiger partial charge on any atom is -0.387 e. The molecule has 0 aromatic carbocycles. The van der Waals surface area contributed by atoms with Crippen molar-refractivity contribution in [3.05, 3.63) is 24.3 Å². The molecule has 38 heavy (non-hydrogen) atoms.